The maximum atomic E-state index is 13.7. The maximum absolute atomic E-state index is 13.7. The van der Waals surface area contributed by atoms with Crippen molar-refractivity contribution in [3.05, 3.63) is 98.1 Å². The number of nitrogens with zero attached hydrogens (tertiary/aromatic N) is 2. The molecule has 33 heavy (non-hydrogen) atoms. The molecule has 3 nitrogen and oxygen atoms in total. The van der Waals surface area contributed by atoms with Crippen molar-refractivity contribution < 1.29 is 0 Å². The van der Waals surface area contributed by atoms with Gasteiger partial charge in [0.1, 0.15) is 4.83 Å². The summed E-state index contributed by atoms with van der Waals surface area (Å²) in [5, 5.41) is 4.51. The SMILES string of the molecule is CCCc1sc2nc(SCc3ccc4ccccc4c3)n(-c3ccc(Cl)cc3)c(=O)c2c1C. The van der Waals surface area contributed by atoms with Crippen LogP contribution in [0.5, 0.6) is 0 Å². The van der Waals surface area contributed by atoms with E-state index < -0.39 is 0 Å². The van der Waals surface area contributed by atoms with Crippen LogP contribution in [0.2, 0.25) is 5.02 Å². The molecule has 2 aromatic heterocycles. The smallest absolute Gasteiger partial charge is 0.267 e. The summed E-state index contributed by atoms with van der Waals surface area (Å²) in [4.78, 5) is 20.8. The largest absolute Gasteiger partial charge is 0.268 e. The number of fused-ring (bicyclic) bond motifs is 2. The van der Waals surface area contributed by atoms with Crippen LogP contribution in [0.4, 0.5) is 0 Å². The van der Waals surface area contributed by atoms with Gasteiger partial charge in [-0.2, -0.15) is 0 Å². The number of aryl methyl sites for hydroxylation is 2. The number of rotatable bonds is 6. The van der Waals surface area contributed by atoms with Crippen molar-refractivity contribution in [2.45, 2.75) is 37.6 Å². The van der Waals surface area contributed by atoms with Gasteiger partial charge in [-0.15, -0.1) is 11.3 Å². The molecule has 0 aliphatic heterocycles. The Morgan fingerprint density at radius 3 is 2.55 bits per heavy atom. The van der Waals surface area contributed by atoms with Crippen LogP contribution in [-0.2, 0) is 12.2 Å². The summed E-state index contributed by atoms with van der Waals surface area (Å²) in [6, 6.07) is 22.2. The highest BCUT2D eigenvalue weighted by Gasteiger charge is 2.19. The van der Waals surface area contributed by atoms with E-state index in [1.54, 1.807) is 27.7 Å². The van der Waals surface area contributed by atoms with Gasteiger partial charge in [-0.25, -0.2) is 4.98 Å². The molecule has 0 aliphatic carbocycles. The summed E-state index contributed by atoms with van der Waals surface area (Å²) in [7, 11) is 0. The molecule has 0 spiro atoms. The van der Waals surface area contributed by atoms with Gasteiger partial charge in [-0.05, 0) is 59.5 Å². The summed E-state index contributed by atoms with van der Waals surface area (Å²) < 4.78 is 1.74. The van der Waals surface area contributed by atoms with Gasteiger partial charge in [0.15, 0.2) is 5.16 Å². The van der Waals surface area contributed by atoms with Crippen molar-refractivity contribution >= 4 is 55.7 Å². The fourth-order valence-corrected chi connectivity index (χ4v) is 6.47. The van der Waals surface area contributed by atoms with E-state index in [9.17, 15) is 4.79 Å². The van der Waals surface area contributed by atoms with Crippen molar-refractivity contribution in [2.75, 3.05) is 0 Å². The number of aromatic nitrogens is 2. The van der Waals surface area contributed by atoms with Gasteiger partial charge in [0.25, 0.3) is 5.56 Å². The van der Waals surface area contributed by atoms with Crippen LogP contribution >= 0.6 is 34.7 Å². The molecule has 6 heteroatoms. The fourth-order valence-electron chi connectivity index (χ4n) is 4.07. The molecule has 0 N–H and O–H groups in total. The Balaban J connectivity index is 1.61. The predicted octanol–water partition coefficient (Wildman–Crippen LogP) is 7.81. The van der Waals surface area contributed by atoms with Gasteiger partial charge >= 0.3 is 0 Å². The van der Waals surface area contributed by atoms with Gasteiger partial charge in [-0.1, -0.05) is 79.2 Å². The second-order valence-corrected chi connectivity index (χ2v) is 10.5. The second kappa shape index (κ2) is 9.34. The third-order valence-corrected chi connectivity index (χ3v) is 8.28. The lowest BCUT2D eigenvalue weighted by Crippen LogP contribution is -2.21. The Kier molecular flexibility index (Phi) is 6.28. The average molecular weight is 491 g/mol. The first-order valence-corrected chi connectivity index (χ1v) is 13.1. The first-order chi connectivity index (χ1) is 16.0. The topological polar surface area (TPSA) is 34.9 Å². The minimum atomic E-state index is -0.0144. The van der Waals surface area contributed by atoms with E-state index in [1.165, 1.54) is 21.2 Å². The summed E-state index contributed by atoms with van der Waals surface area (Å²) in [6.45, 7) is 4.20. The van der Waals surface area contributed by atoms with Crippen LogP contribution in [0.15, 0.2) is 76.7 Å². The molecular weight excluding hydrogens is 468 g/mol. The summed E-state index contributed by atoms with van der Waals surface area (Å²) >= 11 is 9.36. The van der Waals surface area contributed by atoms with E-state index in [1.807, 2.05) is 31.2 Å². The molecule has 2 heterocycles. The lowest BCUT2D eigenvalue weighted by molar-refractivity contribution is 0.821. The normalized spacial score (nSPS) is 11.5. The molecule has 166 valence electrons. The van der Waals surface area contributed by atoms with Crippen LogP contribution in [0.3, 0.4) is 0 Å². The van der Waals surface area contributed by atoms with Crippen molar-refractivity contribution in [1.29, 1.82) is 0 Å². The van der Waals surface area contributed by atoms with E-state index in [4.69, 9.17) is 16.6 Å². The highest BCUT2D eigenvalue weighted by atomic mass is 35.5. The summed E-state index contributed by atoms with van der Waals surface area (Å²) in [5.41, 5.74) is 3.02. The monoisotopic (exact) mass is 490 g/mol. The lowest BCUT2D eigenvalue weighted by Gasteiger charge is -2.13. The minimum Gasteiger partial charge on any atom is -0.268 e. The Morgan fingerprint density at radius 1 is 1.03 bits per heavy atom. The molecule has 5 aromatic rings. The summed E-state index contributed by atoms with van der Waals surface area (Å²) in [6.07, 6.45) is 2.01. The van der Waals surface area contributed by atoms with Crippen molar-refractivity contribution in [1.82, 2.24) is 9.55 Å². The number of hydrogen-bond acceptors (Lipinski definition) is 4. The Hall–Kier alpha value is -2.60. The van der Waals surface area contributed by atoms with Crippen LogP contribution in [0.25, 0.3) is 26.7 Å². The van der Waals surface area contributed by atoms with Crippen LogP contribution in [-0.4, -0.2) is 9.55 Å². The number of halogens is 1. The van der Waals surface area contributed by atoms with E-state index >= 15 is 0 Å². The van der Waals surface area contributed by atoms with Crippen molar-refractivity contribution in [3.8, 4) is 5.69 Å². The van der Waals surface area contributed by atoms with Gasteiger partial charge in [-0.3, -0.25) is 9.36 Å². The zero-order valence-electron chi connectivity index (χ0n) is 18.5. The number of thiophene rings is 1. The lowest BCUT2D eigenvalue weighted by atomic mass is 10.1. The molecule has 5 rings (SSSR count). The quantitative estimate of drug-likeness (QED) is 0.180. The van der Waals surface area contributed by atoms with Gasteiger partial charge in [0, 0.05) is 15.7 Å². The molecule has 0 saturated heterocycles. The number of thioether (sulfide) groups is 1. The highest BCUT2D eigenvalue weighted by Crippen LogP contribution is 2.32. The third-order valence-electron chi connectivity index (χ3n) is 5.78. The number of benzene rings is 3. The van der Waals surface area contributed by atoms with Gasteiger partial charge in [0.2, 0.25) is 0 Å². The van der Waals surface area contributed by atoms with Crippen LogP contribution in [0.1, 0.15) is 29.3 Å². The van der Waals surface area contributed by atoms with Gasteiger partial charge in [0.05, 0.1) is 11.1 Å². The Bertz CT molecular complexity index is 1520. The maximum Gasteiger partial charge on any atom is 0.267 e. The molecule has 0 unspecified atom stereocenters. The Labute approximate surface area is 206 Å². The fraction of sp³-hybridized carbons (Fsp3) is 0.185. The molecule has 0 aliphatic rings. The van der Waals surface area contributed by atoms with Crippen LogP contribution < -0.4 is 5.56 Å². The number of hydrogen-bond donors (Lipinski definition) is 0. The first kappa shape index (κ1) is 22.2. The Morgan fingerprint density at radius 2 is 1.79 bits per heavy atom. The van der Waals surface area contributed by atoms with Crippen molar-refractivity contribution in [2.24, 2.45) is 0 Å². The molecule has 0 atom stereocenters. The van der Waals surface area contributed by atoms with E-state index in [2.05, 4.69) is 49.4 Å². The van der Waals surface area contributed by atoms with Crippen molar-refractivity contribution in [3.63, 3.8) is 0 Å². The zero-order valence-corrected chi connectivity index (χ0v) is 20.9. The highest BCUT2D eigenvalue weighted by molar-refractivity contribution is 7.98. The predicted molar refractivity (Wildman–Crippen MR) is 142 cm³/mol. The molecule has 3 aromatic carbocycles. The molecule has 0 radical (unpaired) electrons. The standard InChI is InChI=1S/C27H23ClN2OS2/c1-3-6-23-17(2)24-25(33-23)29-27(30(26(24)31)22-13-11-21(28)12-14-22)32-16-18-9-10-19-7-4-5-8-20(19)15-18/h4-5,7-15H,3,6,16H2,1-2H3. The molecule has 0 saturated carbocycles. The van der Waals surface area contributed by atoms with E-state index in [-0.39, 0.29) is 5.56 Å². The van der Waals surface area contributed by atoms with Crippen LogP contribution in [0, 0.1) is 6.92 Å². The third kappa shape index (κ3) is 4.33. The van der Waals surface area contributed by atoms with Gasteiger partial charge < -0.3 is 0 Å². The average Bonchev–Trinajstić information content (AvgIpc) is 3.14. The second-order valence-electron chi connectivity index (χ2n) is 8.06. The molecular formula is C27H23ClN2OS2. The zero-order chi connectivity index (χ0) is 22.9. The first-order valence-electron chi connectivity index (χ1n) is 11.0. The molecule has 0 amide bonds. The minimum absolute atomic E-state index is 0.0144. The van der Waals surface area contributed by atoms with E-state index in [0.29, 0.717) is 10.2 Å². The summed E-state index contributed by atoms with van der Waals surface area (Å²) in [5.74, 6) is 0.725. The molecule has 0 bridgehead atoms. The van der Waals surface area contributed by atoms with E-state index in [0.717, 1.165) is 40.1 Å². The molecule has 0 fully saturated rings.